The minimum atomic E-state index is -0.593. The highest BCUT2D eigenvalue weighted by atomic mass is 16.5. The SMILES string of the molecule is CCOC(=O)c1cnc2n(c1=O)C(C)CC/C2=C\N1CCCCC1. The number of carbonyl (C=O) groups excluding carboxylic acids is 1. The highest BCUT2D eigenvalue weighted by Gasteiger charge is 2.26. The van der Waals surface area contributed by atoms with E-state index >= 15 is 0 Å². The van der Waals surface area contributed by atoms with Crippen LogP contribution in [0.1, 0.15) is 68.2 Å². The Balaban J connectivity index is 1.99. The third kappa shape index (κ3) is 3.23. The van der Waals surface area contributed by atoms with Crippen molar-refractivity contribution in [3.05, 3.63) is 34.1 Å². The van der Waals surface area contributed by atoms with Crippen molar-refractivity contribution >= 4 is 11.5 Å². The summed E-state index contributed by atoms with van der Waals surface area (Å²) in [5.41, 5.74) is 0.810. The maximum atomic E-state index is 12.8. The van der Waals surface area contributed by atoms with E-state index in [2.05, 4.69) is 16.1 Å². The fourth-order valence-electron chi connectivity index (χ4n) is 3.46. The molecule has 2 aliphatic rings. The molecule has 6 heteroatoms. The van der Waals surface area contributed by atoms with Gasteiger partial charge < -0.3 is 9.64 Å². The van der Waals surface area contributed by atoms with Crippen LogP contribution in [0.4, 0.5) is 0 Å². The molecule has 1 unspecified atom stereocenters. The van der Waals surface area contributed by atoms with E-state index in [9.17, 15) is 9.59 Å². The van der Waals surface area contributed by atoms with E-state index in [4.69, 9.17) is 4.74 Å². The van der Waals surface area contributed by atoms with E-state index in [1.54, 1.807) is 11.5 Å². The largest absolute Gasteiger partial charge is 0.462 e. The summed E-state index contributed by atoms with van der Waals surface area (Å²) in [7, 11) is 0. The third-order valence-electron chi connectivity index (χ3n) is 4.78. The summed E-state index contributed by atoms with van der Waals surface area (Å²) in [4.78, 5) is 31.5. The van der Waals surface area contributed by atoms with Gasteiger partial charge in [0, 0.05) is 37.1 Å². The Kier molecular flexibility index (Phi) is 5.02. The van der Waals surface area contributed by atoms with Crippen molar-refractivity contribution in [3.8, 4) is 0 Å². The Morgan fingerprint density at radius 1 is 1.38 bits per heavy atom. The zero-order valence-electron chi connectivity index (χ0n) is 14.5. The lowest BCUT2D eigenvalue weighted by Crippen LogP contribution is -2.35. The fourth-order valence-corrected chi connectivity index (χ4v) is 3.46. The first kappa shape index (κ1) is 16.7. The molecule has 1 aromatic rings. The fraction of sp³-hybridized carbons (Fsp3) is 0.611. The van der Waals surface area contributed by atoms with Gasteiger partial charge in [0.2, 0.25) is 0 Å². The molecular weight excluding hydrogens is 306 g/mol. The Hall–Kier alpha value is -2.11. The Morgan fingerprint density at radius 3 is 2.83 bits per heavy atom. The zero-order chi connectivity index (χ0) is 17.1. The minimum absolute atomic E-state index is 0.0201. The number of likely N-dealkylation sites (tertiary alicyclic amines) is 1. The van der Waals surface area contributed by atoms with Gasteiger partial charge in [-0.05, 0) is 46.0 Å². The summed E-state index contributed by atoms with van der Waals surface area (Å²) >= 11 is 0. The molecule has 3 rings (SSSR count). The maximum Gasteiger partial charge on any atom is 0.345 e. The molecule has 0 spiro atoms. The second-order valence-corrected chi connectivity index (χ2v) is 6.53. The van der Waals surface area contributed by atoms with E-state index < -0.39 is 5.97 Å². The summed E-state index contributed by atoms with van der Waals surface area (Å²) < 4.78 is 6.63. The van der Waals surface area contributed by atoms with Crippen molar-refractivity contribution in [2.75, 3.05) is 19.7 Å². The summed E-state index contributed by atoms with van der Waals surface area (Å²) in [6.45, 7) is 6.09. The molecule has 0 aliphatic carbocycles. The van der Waals surface area contributed by atoms with Gasteiger partial charge >= 0.3 is 5.97 Å². The molecule has 130 valence electrons. The third-order valence-corrected chi connectivity index (χ3v) is 4.78. The quantitative estimate of drug-likeness (QED) is 0.797. The van der Waals surface area contributed by atoms with Gasteiger partial charge in [-0.2, -0.15) is 0 Å². The van der Waals surface area contributed by atoms with Crippen LogP contribution in [0.15, 0.2) is 17.2 Å². The summed E-state index contributed by atoms with van der Waals surface area (Å²) in [6, 6.07) is 0.0351. The molecule has 2 aliphatic heterocycles. The van der Waals surface area contributed by atoms with E-state index in [1.165, 1.54) is 25.5 Å². The number of esters is 1. The van der Waals surface area contributed by atoms with Crippen LogP contribution in [-0.2, 0) is 4.74 Å². The molecule has 1 fully saturated rings. The Bertz CT molecular complexity index is 702. The molecule has 1 aromatic heterocycles. The van der Waals surface area contributed by atoms with Crippen LogP contribution in [0.2, 0.25) is 0 Å². The molecule has 0 N–H and O–H groups in total. The molecule has 0 saturated carbocycles. The summed E-state index contributed by atoms with van der Waals surface area (Å²) in [6.07, 6.45) is 9.02. The molecule has 0 aromatic carbocycles. The van der Waals surface area contributed by atoms with Crippen LogP contribution in [-0.4, -0.2) is 40.1 Å². The number of ether oxygens (including phenoxy) is 1. The second kappa shape index (κ2) is 7.20. The maximum absolute atomic E-state index is 12.8. The van der Waals surface area contributed by atoms with Gasteiger partial charge in [0.25, 0.3) is 5.56 Å². The number of nitrogens with zero attached hydrogens (tertiary/aromatic N) is 3. The van der Waals surface area contributed by atoms with Crippen LogP contribution in [0.3, 0.4) is 0 Å². The molecule has 6 nitrogen and oxygen atoms in total. The minimum Gasteiger partial charge on any atom is -0.462 e. The number of hydrogen-bond acceptors (Lipinski definition) is 5. The first-order valence-electron chi connectivity index (χ1n) is 8.85. The van der Waals surface area contributed by atoms with Gasteiger partial charge in [-0.15, -0.1) is 0 Å². The summed E-state index contributed by atoms with van der Waals surface area (Å²) in [5.74, 6) is 0.0991. The average molecular weight is 331 g/mol. The number of piperidine rings is 1. The summed E-state index contributed by atoms with van der Waals surface area (Å²) in [5, 5.41) is 0. The molecule has 1 saturated heterocycles. The van der Waals surface area contributed by atoms with Crippen molar-refractivity contribution in [1.82, 2.24) is 14.5 Å². The molecule has 3 heterocycles. The number of rotatable bonds is 3. The lowest BCUT2D eigenvalue weighted by atomic mass is 10.00. The number of aromatic nitrogens is 2. The monoisotopic (exact) mass is 331 g/mol. The van der Waals surface area contributed by atoms with E-state index in [1.807, 2.05) is 6.92 Å². The van der Waals surface area contributed by atoms with Crippen molar-refractivity contribution in [2.45, 2.75) is 52.0 Å². The van der Waals surface area contributed by atoms with Gasteiger partial charge in [0.15, 0.2) is 0 Å². The second-order valence-electron chi connectivity index (χ2n) is 6.53. The molecular formula is C18H25N3O3. The van der Waals surface area contributed by atoms with Crippen LogP contribution in [0.25, 0.3) is 5.57 Å². The number of fused-ring (bicyclic) bond motifs is 1. The van der Waals surface area contributed by atoms with Gasteiger partial charge in [0.1, 0.15) is 11.4 Å². The predicted molar refractivity (Wildman–Crippen MR) is 91.8 cm³/mol. The van der Waals surface area contributed by atoms with E-state index in [0.717, 1.165) is 31.5 Å². The molecule has 0 amide bonds. The molecule has 0 radical (unpaired) electrons. The van der Waals surface area contributed by atoms with Gasteiger partial charge in [-0.25, -0.2) is 9.78 Å². The normalized spacial score (nSPS) is 22.3. The molecule has 1 atom stereocenters. The average Bonchev–Trinajstić information content (AvgIpc) is 2.58. The smallest absolute Gasteiger partial charge is 0.345 e. The standard InChI is InChI=1S/C18H25N3O3/c1-3-24-18(23)15-11-19-16-14(12-20-9-5-4-6-10-20)8-7-13(2)21(16)17(15)22/h11-13H,3-10H2,1-2H3/b14-12+. The van der Waals surface area contributed by atoms with Crippen LogP contribution in [0, 0.1) is 0 Å². The van der Waals surface area contributed by atoms with Crippen LogP contribution >= 0.6 is 0 Å². The predicted octanol–water partition coefficient (Wildman–Crippen LogP) is 2.60. The van der Waals surface area contributed by atoms with Crippen molar-refractivity contribution in [2.24, 2.45) is 0 Å². The highest BCUT2D eigenvalue weighted by molar-refractivity contribution is 5.88. The van der Waals surface area contributed by atoms with Crippen LogP contribution in [0.5, 0.6) is 0 Å². The highest BCUT2D eigenvalue weighted by Crippen LogP contribution is 2.30. The van der Waals surface area contributed by atoms with Gasteiger partial charge in [-0.3, -0.25) is 9.36 Å². The zero-order valence-corrected chi connectivity index (χ0v) is 14.5. The van der Waals surface area contributed by atoms with Crippen LogP contribution < -0.4 is 5.56 Å². The number of allylic oxidation sites excluding steroid dienone is 1. The first-order valence-corrected chi connectivity index (χ1v) is 8.85. The Labute approximate surface area is 142 Å². The van der Waals surface area contributed by atoms with E-state index in [0.29, 0.717) is 5.82 Å². The molecule has 0 bridgehead atoms. The lowest BCUT2D eigenvalue weighted by Gasteiger charge is -2.30. The first-order chi connectivity index (χ1) is 11.6. The van der Waals surface area contributed by atoms with Crippen molar-refractivity contribution < 1.29 is 9.53 Å². The van der Waals surface area contributed by atoms with Crippen molar-refractivity contribution in [3.63, 3.8) is 0 Å². The lowest BCUT2D eigenvalue weighted by molar-refractivity contribution is 0.0522. The number of carbonyl (C=O) groups is 1. The van der Waals surface area contributed by atoms with E-state index in [-0.39, 0.29) is 23.8 Å². The Morgan fingerprint density at radius 2 is 2.12 bits per heavy atom. The topological polar surface area (TPSA) is 64.4 Å². The van der Waals surface area contributed by atoms with Gasteiger partial charge in [0.05, 0.1) is 6.61 Å². The number of hydrogen-bond donors (Lipinski definition) is 0. The molecule has 24 heavy (non-hydrogen) atoms. The van der Waals surface area contributed by atoms with Gasteiger partial charge in [-0.1, -0.05) is 0 Å². The van der Waals surface area contributed by atoms with Crippen molar-refractivity contribution in [1.29, 1.82) is 0 Å².